The Morgan fingerprint density at radius 3 is 2.30 bits per heavy atom. The van der Waals surface area contributed by atoms with Crippen molar-refractivity contribution < 1.29 is 0 Å². The fourth-order valence-electron chi connectivity index (χ4n) is 3.15. The van der Waals surface area contributed by atoms with Crippen LogP contribution in [0.25, 0.3) is 0 Å². The van der Waals surface area contributed by atoms with Gasteiger partial charge in [-0.3, -0.25) is 0 Å². The quantitative estimate of drug-likeness (QED) is 0.795. The molecule has 0 saturated heterocycles. The van der Waals surface area contributed by atoms with Gasteiger partial charge in [0.1, 0.15) is 0 Å². The Hall–Kier alpha value is -0.380. The second kappa shape index (κ2) is 7.58. The molecule has 1 aliphatic carbocycles. The molecule has 20 heavy (non-hydrogen) atoms. The Bertz CT molecular complexity index is 396. The maximum atomic E-state index is 6.07. The standard InChI is InChI=1S/C17H27BrN2/c1-17(13-19,12-14-8-10-15(18)11-9-14)20-16-6-4-2-3-5-7-16/h8-11,16,20H,2-7,12-13,19H2,1H3. The molecule has 1 atom stereocenters. The minimum Gasteiger partial charge on any atom is -0.329 e. The minimum absolute atomic E-state index is 0.00281. The van der Waals surface area contributed by atoms with Crippen LogP contribution in [0.2, 0.25) is 0 Å². The number of benzene rings is 1. The van der Waals surface area contributed by atoms with Gasteiger partial charge in [-0.1, -0.05) is 53.7 Å². The summed E-state index contributed by atoms with van der Waals surface area (Å²) in [6, 6.07) is 9.23. The second-order valence-electron chi connectivity index (χ2n) is 6.40. The first-order valence-electron chi connectivity index (χ1n) is 7.83. The summed E-state index contributed by atoms with van der Waals surface area (Å²) in [6.45, 7) is 2.94. The van der Waals surface area contributed by atoms with Crippen molar-refractivity contribution in [1.82, 2.24) is 5.32 Å². The second-order valence-corrected chi connectivity index (χ2v) is 7.32. The molecule has 1 aromatic rings. The Kier molecular flexibility index (Phi) is 6.06. The smallest absolute Gasteiger partial charge is 0.0318 e. The molecule has 112 valence electrons. The SMILES string of the molecule is CC(CN)(Cc1ccc(Br)cc1)NC1CCCCCC1. The number of rotatable bonds is 5. The molecule has 3 N–H and O–H groups in total. The highest BCUT2D eigenvalue weighted by atomic mass is 79.9. The van der Waals surface area contributed by atoms with Gasteiger partial charge in [0, 0.05) is 22.6 Å². The minimum atomic E-state index is 0.00281. The molecule has 0 aromatic heterocycles. The third-order valence-electron chi connectivity index (χ3n) is 4.37. The predicted octanol–water partition coefficient (Wildman–Crippen LogP) is 4.02. The van der Waals surface area contributed by atoms with E-state index in [-0.39, 0.29) is 5.54 Å². The van der Waals surface area contributed by atoms with E-state index in [2.05, 4.69) is 52.4 Å². The van der Waals surface area contributed by atoms with Gasteiger partial charge >= 0.3 is 0 Å². The molecule has 1 aliphatic rings. The zero-order chi connectivity index (χ0) is 14.4. The van der Waals surface area contributed by atoms with Crippen LogP contribution < -0.4 is 11.1 Å². The van der Waals surface area contributed by atoms with Gasteiger partial charge in [0.25, 0.3) is 0 Å². The van der Waals surface area contributed by atoms with Crippen molar-refractivity contribution in [3.63, 3.8) is 0 Å². The molecular weight excluding hydrogens is 312 g/mol. The molecule has 0 amide bonds. The topological polar surface area (TPSA) is 38.0 Å². The van der Waals surface area contributed by atoms with Crippen LogP contribution in [0.4, 0.5) is 0 Å². The molecule has 0 spiro atoms. The van der Waals surface area contributed by atoms with Gasteiger partial charge in [0.05, 0.1) is 0 Å². The van der Waals surface area contributed by atoms with Gasteiger partial charge in [-0.05, 0) is 43.9 Å². The first kappa shape index (κ1) is 16.0. The van der Waals surface area contributed by atoms with Gasteiger partial charge in [-0.25, -0.2) is 0 Å². The molecule has 1 fully saturated rings. The van der Waals surface area contributed by atoms with E-state index >= 15 is 0 Å². The molecular formula is C17H27BrN2. The van der Waals surface area contributed by atoms with E-state index in [1.54, 1.807) is 0 Å². The van der Waals surface area contributed by atoms with Crippen LogP contribution in [0.15, 0.2) is 28.7 Å². The average Bonchev–Trinajstić information content (AvgIpc) is 2.70. The van der Waals surface area contributed by atoms with Crippen LogP contribution in [0, 0.1) is 0 Å². The number of nitrogens with one attached hydrogen (secondary N) is 1. The summed E-state index contributed by atoms with van der Waals surface area (Å²) in [5.41, 5.74) is 7.42. The zero-order valence-electron chi connectivity index (χ0n) is 12.5. The van der Waals surface area contributed by atoms with Crippen LogP contribution in [-0.4, -0.2) is 18.1 Å². The molecule has 3 heteroatoms. The van der Waals surface area contributed by atoms with Crippen LogP contribution in [0.1, 0.15) is 51.0 Å². The van der Waals surface area contributed by atoms with E-state index in [1.165, 1.54) is 44.1 Å². The number of hydrogen-bond donors (Lipinski definition) is 2. The Balaban J connectivity index is 1.98. The van der Waals surface area contributed by atoms with E-state index in [9.17, 15) is 0 Å². The number of hydrogen-bond acceptors (Lipinski definition) is 2. The number of halogens is 1. The molecule has 0 radical (unpaired) electrons. The molecule has 1 saturated carbocycles. The third-order valence-corrected chi connectivity index (χ3v) is 4.89. The third kappa shape index (κ3) is 4.87. The van der Waals surface area contributed by atoms with Crippen molar-refractivity contribution >= 4 is 15.9 Å². The Labute approximate surface area is 131 Å². The molecule has 1 aromatic carbocycles. The van der Waals surface area contributed by atoms with Crippen molar-refractivity contribution in [3.8, 4) is 0 Å². The lowest BCUT2D eigenvalue weighted by molar-refractivity contribution is 0.295. The summed E-state index contributed by atoms with van der Waals surface area (Å²) in [6.07, 6.45) is 9.10. The van der Waals surface area contributed by atoms with E-state index in [4.69, 9.17) is 5.73 Å². The highest BCUT2D eigenvalue weighted by Crippen LogP contribution is 2.22. The van der Waals surface area contributed by atoms with Crippen molar-refractivity contribution in [3.05, 3.63) is 34.3 Å². The summed E-state index contributed by atoms with van der Waals surface area (Å²) in [7, 11) is 0. The zero-order valence-corrected chi connectivity index (χ0v) is 14.1. The van der Waals surface area contributed by atoms with Crippen LogP contribution >= 0.6 is 15.9 Å². The van der Waals surface area contributed by atoms with Gasteiger partial charge < -0.3 is 11.1 Å². The van der Waals surface area contributed by atoms with Crippen LogP contribution in [-0.2, 0) is 6.42 Å². The van der Waals surface area contributed by atoms with E-state index in [1.807, 2.05) is 0 Å². The fourth-order valence-corrected chi connectivity index (χ4v) is 3.42. The van der Waals surface area contributed by atoms with E-state index < -0.39 is 0 Å². The molecule has 2 nitrogen and oxygen atoms in total. The molecule has 1 unspecified atom stereocenters. The van der Waals surface area contributed by atoms with E-state index in [0.29, 0.717) is 12.6 Å². The average molecular weight is 339 g/mol. The number of nitrogens with two attached hydrogens (primary N) is 1. The lowest BCUT2D eigenvalue weighted by atomic mass is 9.91. The summed E-state index contributed by atoms with van der Waals surface area (Å²) in [5.74, 6) is 0. The normalized spacial score (nSPS) is 20.4. The summed E-state index contributed by atoms with van der Waals surface area (Å²) >= 11 is 3.49. The fraction of sp³-hybridized carbons (Fsp3) is 0.647. The van der Waals surface area contributed by atoms with Crippen molar-refractivity contribution in [2.45, 2.75) is 63.5 Å². The molecule has 0 heterocycles. The van der Waals surface area contributed by atoms with Crippen LogP contribution in [0.3, 0.4) is 0 Å². The largest absolute Gasteiger partial charge is 0.329 e. The maximum absolute atomic E-state index is 6.07. The van der Waals surface area contributed by atoms with Crippen LogP contribution in [0.5, 0.6) is 0 Å². The lowest BCUT2D eigenvalue weighted by Crippen LogP contribution is -2.54. The summed E-state index contributed by atoms with van der Waals surface area (Å²) in [4.78, 5) is 0. The molecule has 2 rings (SSSR count). The molecule has 0 aliphatic heterocycles. The monoisotopic (exact) mass is 338 g/mol. The van der Waals surface area contributed by atoms with Crippen molar-refractivity contribution in [2.75, 3.05) is 6.54 Å². The van der Waals surface area contributed by atoms with Gasteiger partial charge in [-0.2, -0.15) is 0 Å². The first-order valence-corrected chi connectivity index (χ1v) is 8.63. The Morgan fingerprint density at radius 1 is 1.15 bits per heavy atom. The van der Waals surface area contributed by atoms with Crippen molar-refractivity contribution in [2.24, 2.45) is 5.73 Å². The van der Waals surface area contributed by atoms with Gasteiger partial charge in [0.15, 0.2) is 0 Å². The maximum Gasteiger partial charge on any atom is 0.0318 e. The highest BCUT2D eigenvalue weighted by Gasteiger charge is 2.26. The lowest BCUT2D eigenvalue weighted by Gasteiger charge is -2.34. The van der Waals surface area contributed by atoms with Gasteiger partial charge in [-0.15, -0.1) is 0 Å². The van der Waals surface area contributed by atoms with Gasteiger partial charge in [0.2, 0.25) is 0 Å². The highest BCUT2D eigenvalue weighted by molar-refractivity contribution is 9.10. The molecule has 0 bridgehead atoms. The predicted molar refractivity (Wildman–Crippen MR) is 89.9 cm³/mol. The van der Waals surface area contributed by atoms with E-state index in [0.717, 1.165) is 10.9 Å². The summed E-state index contributed by atoms with van der Waals surface area (Å²) in [5, 5.41) is 3.85. The first-order chi connectivity index (χ1) is 9.61. The van der Waals surface area contributed by atoms with Crippen molar-refractivity contribution in [1.29, 1.82) is 0 Å². The Morgan fingerprint density at radius 2 is 1.75 bits per heavy atom. The summed E-state index contributed by atoms with van der Waals surface area (Å²) < 4.78 is 1.13.